The van der Waals surface area contributed by atoms with Gasteiger partial charge in [0.15, 0.2) is 5.96 Å². The van der Waals surface area contributed by atoms with E-state index in [9.17, 15) is 0 Å². The molecular weight excluding hydrogens is 262 g/mol. The van der Waals surface area contributed by atoms with Crippen molar-refractivity contribution in [3.05, 3.63) is 35.4 Å². The van der Waals surface area contributed by atoms with Crippen LogP contribution in [-0.4, -0.2) is 24.7 Å². The second-order valence-corrected chi connectivity index (χ2v) is 6.48. The zero-order valence-electron chi connectivity index (χ0n) is 14.2. The third kappa shape index (κ3) is 7.71. The van der Waals surface area contributed by atoms with Crippen molar-refractivity contribution >= 4 is 5.96 Å². The highest BCUT2D eigenvalue weighted by molar-refractivity contribution is 5.80. The molecular formula is C17H29N3O. The van der Waals surface area contributed by atoms with Crippen LogP contribution < -0.4 is 10.6 Å². The lowest BCUT2D eigenvalue weighted by atomic mass is 10.1. The van der Waals surface area contributed by atoms with Crippen LogP contribution in [0.3, 0.4) is 0 Å². The van der Waals surface area contributed by atoms with Gasteiger partial charge in [0.05, 0.1) is 12.7 Å². The molecule has 2 N–H and O–H groups in total. The van der Waals surface area contributed by atoms with E-state index in [4.69, 9.17) is 4.74 Å². The maximum Gasteiger partial charge on any atom is 0.191 e. The highest BCUT2D eigenvalue weighted by Crippen LogP contribution is 2.08. The molecule has 4 nitrogen and oxygen atoms in total. The van der Waals surface area contributed by atoms with Crippen molar-refractivity contribution in [2.45, 2.75) is 59.4 Å². The van der Waals surface area contributed by atoms with Crippen molar-refractivity contribution in [3.63, 3.8) is 0 Å². The van der Waals surface area contributed by atoms with E-state index < -0.39 is 0 Å². The number of ether oxygens (including phenoxy) is 1. The minimum Gasteiger partial charge on any atom is -0.374 e. The van der Waals surface area contributed by atoms with Crippen molar-refractivity contribution in [3.8, 4) is 0 Å². The first-order valence-electron chi connectivity index (χ1n) is 7.48. The number of nitrogens with one attached hydrogen (secondary N) is 2. The second kappa shape index (κ2) is 8.03. The van der Waals surface area contributed by atoms with Gasteiger partial charge in [0.1, 0.15) is 0 Å². The molecule has 0 aliphatic carbocycles. The van der Waals surface area contributed by atoms with Crippen LogP contribution in [0.2, 0.25) is 0 Å². The SMILES string of the molecule is CN=C(NCc1cccc(COC(C)C)c1)NC(C)(C)C. The van der Waals surface area contributed by atoms with Gasteiger partial charge in [0.25, 0.3) is 0 Å². The van der Waals surface area contributed by atoms with E-state index in [1.165, 1.54) is 11.1 Å². The van der Waals surface area contributed by atoms with E-state index in [1.54, 1.807) is 7.05 Å². The molecule has 0 spiro atoms. The number of nitrogens with zero attached hydrogens (tertiary/aromatic N) is 1. The molecule has 0 fully saturated rings. The molecule has 0 aliphatic heterocycles. The zero-order valence-corrected chi connectivity index (χ0v) is 14.2. The Kier molecular flexibility index (Phi) is 6.69. The highest BCUT2D eigenvalue weighted by Gasteiger charge is 2.11. The topological polar surface area (TPSA) is 45.7 Å². The van der Waals surface area contributed by atoms with Crippen LogP contribution in [-0.2, 0) is 17.9 Å². The molecule has 0 bridgehead atoms. The normalized spacial score (nSPS) is 12.6. The van der Waals surface area contributed by atoms with Crippen LogP contribution in [0.5, 0.6) is 0 Å². The number of hydrogen-bond acceptors (Lipinski definition) is 2. The first-order valence-corrected chi connectivity index (χ1v) is 7.48. The average molecular weight is 291 g/mol. The molecule has 1 aromatic rings. The molecule has 0 saturated carbocycles. The summed E-state index contributed by atoms with van der Waals surface area (Å²) in [4.78, 5) is 4.24. The minimum absolute atomic E-state index is 0.00516. The summed E-state index contributed by atoms with van der Waals surface area (Å²) >= 11 is 0. The molecule has 118 valence electrons. The van der Waals surface area contributed by atoms with Crippen molar-refractivity contribution in [2.24, 2.45) is 4.99 Å². The van der Waals surface area contributed by atoms with E-state index in [0.29, 0.717) is 6.61 Å². The summed E-state index contributed by atoms with van der Waals surface area (Å²) in [5, 5.41) is 6.68. The van der Waals surface area contributed by atoms with Crippen molar-refractivity contribution in [1.29, 1.82) is 0 Å². The number of hydrogen-bond donors (Lipinski definition) is 2. The van der Waals surface area contributed by atoms with Gasteiger partial charge in [0.2, 0.25) is 0 Å². The Balaban J connectivity index is 2.56. The first kappa shape index (κ1) is 17.5. The lowest BCUT2D eigenvalue weighted by Gasteiger charge is -2.23. The van der Waals surface area contributed by atoms with Gasteiger partial charge in [-0.15, -0.1) is 0 Å². The minimum atomic E-state index is -0.00516. The zero-order chi connectivity index (χ0) is 15.9. The van der Waals surface area contributed by atoms with Gasteiger partial charge < -0.3 is 15.4 Å². The van der Waals surface area contributed by atoms with Crippen LogP contribution in [0.1, 0.15) is 45.7 Å². The first-order chi connectivity index (χ1) is 9.80. The Hall–Kier alpha value is -1.55. The summed E-state index contributed by atoms with van der Waals surface area (Å²) in [5.41, 5.74) is 2.41. The van der Waals surface area contributed by atoms with Crippen molar-refractivity contribution in [2.75, 3.05) is 7.05 Å². The lowest BCUT2D eigenvalue weighted by Crippen LogP contribution is -2.47. The lowest BCUT2D eigenvalue weighted by molar-refractivity contribution is 0.0657. The smallest absolute Gasteiger partial charge is 0.191 e. The average Bonchev–Trinajstić information content (AvgIpc) is 2.40. The molecule has 1 aromatic carbocycles. The molecule has 4 heteroatoms. The van der Waals surface area contributed by atoms with Gasteiger partial charge in [-0.3, -0.25) is 4.99 Å². The number of benzene rings is 1. The quantitative estimate of drug-likeness (QED) is 0.647. The number of guanidine groups is 1. The van der Waals surface area contributed by atoms with Gasteiger partial charge in [-0.05, 0) is 45.7 Å². The van der Waals surface area contributed by atoms with E-state index in [2.05, 4.69) is 60.7 Å². The Morgan fingerprint density at radius 2 is 1.90 bits per heavy atom. The summed E-state index contributed by atoms with van der Waals surface area (Å²) in [6, 6.07) is 8.43. The van der Waals surface area contributed by atoms with Crippen LogP contribution >= 0.6 is 0 Å². The van der Waals surface area contributed by atoms with Gasteiger partial charge in [-0.1, -0.05) is 24.3 Å². The molecule has 0 aromatic heterocycles. The van der Waals surface area contributed by atoms with Crippen LogP contribution in [0.25, 0.3) is 0 Å². The van der Waals surface area contributed by atoms with Gasteiger partial charge in [-0.25, -0.2) is 0 Å². The number of rotatable bonds is 5. The molecule has 0 atom stereocenters. The van der Waals surface area contributed by atoms with Gasteiger partial charge in [0, 0.05) is 19.1 Å². The summed E-state index contributed by atoms with van der Waals surface area (Å²) in [6.45, 7) is 11.8. The fraction of sp³-hybridized carbons (Fsp3) is 0.588. The maximum absolute atomic E-state index is 5.64. The van der Waals surface area contributed by atoms with Crippen LogP contribution in [0.15, 0.2) is 29.3 Å². The second-order valence-electron chi connectivity index (χ2n) is 6.48. The molecule has 0 unspecified atom stereocenters. The van der Waals surface area contributed by atoms with Crippen molar-refractivity contribution in [1.82, 2.24) is 10.6 Å². The van der Waals surface area contributed by atoms with Gasteiger partial charge >= 0.3 is 0 Å². The maximum atomic E-state index is 5.64. The van der Waals surface area contributed by atoms with Crippen LogP contribution in [0.4, 0.5) is 0 Å². The predicted octanol–water partition coefficient (Wildman–Crippen LogP) is 3.08. The monoisotopic (exact) mass is 291 g/mol. The number of aliphatic imine (C=N–C) groups is 1. The molecule has 0 amide bonds. The Morgan fingerprint density at radius 3 is 2.48 bits per heavy atom. The summed E-state index contributed by atoms with van der Waals surface area (Å²) in [5.74, 6) is 0.811. The molecule has 1 rings (SSSR count). The predicted molar refractivity (Wildman–Crippen MR) is 89.5 cm³/mol. The molecule has 0 aliphatic rings. The fourth-order valence-corrected chi connectivity index (χ4v) is 1.81. The molecule has 0 radical (unpaired) electrons. The Labute approximate surface area is 129 Å². The fourth-order valence-electron chi connectivity index (χ4n) is 1.81. The third-order valence-electron chi connectivity index (χ3n) is 2.75. The summed E-state index contributed by atoms with van der Waals surface area (Å²) < 4.78 is 5.64. The van der Waals surface area contributed by atoms with E-state index in [0.717, 1.165) is 12.5 Å². The highest BCUT2D eigenvalue weighted by atomic mass is 16.5. The Morgan fingerprint density at radius 1 is 1.24 bits per heavy atom. The van der Waals surface area contributed by atoms with E-state index in [1.807, 2.05) is 13.8 Å². The molecule has 21 heavy (non-hydrogen) atoms. The summed E-state index contributed by atoms with van der Waals surface area (Å²) in [6.07, 6.45) is 0.251. The van der Waals surface area contributed by atoms with Gasteiger partial charge in [-0.2, -0.15) is 0 Å². The van der Waals surface area contributed by atoms with Crippen LogP contribution in [0, 0.1) is 0 Å². The molecule has 0 heterocycles. The van der Waals surface area contributed by atoms with E-state index >= 15 is 0 Å². The third-order valence-corrected chi connectivity index (χ3v) is 2.75. The van der Waals surface area contributed by atoms with Crippen molar-refractivity contribution < 1.29 is 4.74 Å². The molecule has 0 saturated heterocycles. The van der Waals surface area contributed by atoms with E-state index in [-0.39, 0.29) is 11.6 Å². The standard InChI is InChI=1S/C17H29N3O/c1-13(2)21-12-15-9-7-8-14(10-15)11-19-16(18-6)20-17(3,4)5/h7-10,13H,11-12H2,1-6H3,(H2,18,19,20). The summed E-state index contributed by atoms with van der Waals surface area (Å²) in [7, 11) is 1.79. The largest absolute Gasteiger partial charge is 0.374 e. The Bertz CT molecular complexity index is 461.